The van der Waals surface area contributed by atoms with E-state index in [1.807, 2.05) is 24.3 Å². The molecule has 0 saturated heterocycles. The van der Waals surface area contributed by atoms with Gasteiger partial charge in [-0.2, -0.15) is 0 Å². The summed E-state index contributed by atoms with van der Waals surface area (Å²) in [7, 11) is 0. The van der Waals surface area contributed by atoms with Gasteiger partial charge in [0.25, 0.3) is 5.91 Å². The van der Waals surface area contributed by atoms with Crippen LogP contribution in [0.15, 0.2) is 48.8 Å². The summed E-state index contributed by atoms with van der Waals surface area (Å²) in [6.07, 6.45) is 2.97. The third kappa shape index (κ3) is 2.71. The highest BCUT2D eigenvalue weighted by Crippen LogP contribution is 2.30. The summed E-state index contributed by atoms with van der Waals surface area (Å²) < 4.78 is 11.3. The van der Waals surface area contributed by atoms with Crippen molar-refractivity contribution in [2.45, 2.75) is 6.10 Å². The van der Waals surface area contributed by atoms with Crippen LogP contribution < -0.4 is 14.8 Å². The molecular formula is C15H14N2O3. The molecule has 102 valence electrons. The van der Waals surface area contributed by atoms with Gasteiger partial charge < -0.3 is 14.8 Å². The highest BCUT2D eigenvalue weighted by molar-refractivity contribution is 5.93. The summed E-state index contributed by atoms with van der Waals surface area (Å²) >= 11 is 0. The number of ether oxygens (including phenoxy) is 2. The predicted molar refractivity (Wildman–Crippen MR) is 72.9 cm³/mol. The summed E-state index contributed by atoms with van der Waals surface area (Å²) in [5.74, 6) is 1.28. The standard InChI is InChI=1S/C15H14N2O3/c18-15(11-4-3-7-16-8-11)17-9-12-10-19-13-5-1-2-6-14(13)20-12/h1-8,12H,9-10H2,(H,17,18). The number of nitrogens with one attached hydrogen (secondary N) is 1. The van der Waals surface area contributed by atoms with Gasteiger partial charge in [0.1, 0.15) is 12.7 Å². The second-order valence-electron chi connectivity index (χ2n) is 4.45. The Bertz CT molecular complexity index is 601. The van der Waals surface area contributed by atoms with Crippen molar-refractivity contribution in [1.29, 1.82) is 0 Å². The molecule has 2 aromatic rings. The molecule has 1 aromatic heterocycles. The molecule has 0 spiro atoms. The van der Waals surface area contributed by atoms with Gasteiger partial charge in [0.2, 0.25) is 0 Å². The van der Waals surface area contributed by atoms with Crippen LogP contribution in [0.2, 0.25) is 0 Å². The highest BCUT2D eigenvalue weighted by Gasteiger charge is 2.21. The minimum atomic E-state index is -0.189. The van der Waals surface area contributed by atoms with Crippen LogP contribution in [-0.2, 0) is 0 Å². The number of hydrogen-bond acceptors (Lipinski definition) is 4. The molecule has 0 fully saturated rings. The van der Waals surface area contributed by atoms with Crippen LogP contribution in [0.1, 0.15) is 10.4 Å². The second-order valence-corrected chi connectivity index (χ2v) is 4.45. The van der Waals surface area contributed by atoms with Crippen LogP contribution >= 0.6 is 0 Å². The Morgan fingerprint density at radius 3 is 2.90 bits per heavy atom. The molecule has 0 saturated carbocycles. The van der Waals surface area contributed by atoms with E-state index in [4.69, 9.17) is 9.47 Å². The first-order chi connectivity index (χ1) is 9.83. The molecule has 1 aliphatic rings. The van der Waals surface area contributed by atoms with Gasteiger partial charge in [0.05, 0.1) is 12.1 Å². The van der Waals surface area contributed by atoms with Crippen molar-refractivity contribution in [3.63, 3.8) is 0 Å². The Labute approximate surface area is 116 Å². The van der Waals surface area contributed by atoms with E-state index in [2.05, 4.69) is 10.3 Å². The zero-order valence-electron chi connectivity index (χ0n) is 10.8. The number of hydrogen-bond donors (Lipinski definition) is 1. The van der Waals surface area contributed by atoms with E-state index in [1.165, 1.54) is 6.20 Å². The van der Waals surface area contributed by atoms with E-state index in [0.29, 0.717) is 24.5 Å². The van der Waals surface area contributed by atoms with Crippen molar-refractivity contribution in [2.24, 2.45) is 0 Å². The molecule has 3 rings (SSSR count). The molecule has 0 radical (unpaired) electrons. The molecule has 1 atom stereocenters. The number of carbonyl (C=O) groups is 1. The fourth-order valence-corrected chi connectivity index (χ4v) is 1.97. The van der Waals surface area contributed by atoms with E-state index in [1.54, 1.807) is 18.3 Å². The molecular weight excluding hydrogens is 256 g/mol. The molecule has 1 aromatic carbocycles. The maximum Gasteiger partial charge on any atom is 0.252 e. The fourth-order valence-electron chi connectivity index (χ4n) is 1.97. The molecule has 0 aliphatic carbocycles. The first-order valence-corrected chi connectivity index (χ1v) is 6.39. The van der Waals surface area contributed by atoms with Gasteiger partial charge in [-0.15, -0.1) is 0 Å². The molecule has 2 heterocycles. The second kappa shape index (κ2) is 5.61. The van der Waals surface area contributed by atoms with E-state index < -0.39 is 0 Å². The van der Waals surface area contributed by atoms with E-state index in [-0.39, 0.29) is 12.0 Å². The zero-order valence-corrected chi connectivity index (χ0v) is 10.8. The molecule has 5 nitrogen and oxygen atoms in total. The van der Waals surface area contributed by atoms with Gasteiger partial charge >= 0.3 is 0 Å². The van der Waals surface area contributed by atoms with Crippen molar-refractivity contribution in [1.82, 2.24) is 10.3 Å². The number of carbonyl (C=O) groups excluding carboxylic acids is 1. The Morgan fingerprint density at radius 2 is 2.10 bits per heavy atom. The fraction of sp³-hybridized carbons (Fsp3) is 0.200. The number of amides is 1. The van der Waals surface area contributed by atoms with Crippen LogP contribution in [0.5, 0.6) is 11.5 Å². The Hall–Kier alpha value is -2.56. The maximum atomic E-state index is 11.9. The van der Waals surface area contributed by atoms with E-state index in [0.717, 1.165) is 5.75 Å². The van der Waals surface area contributed by atoms with Crippen LogP contribution in [-0.4, -0.2) is 30.1 Å². The quantitative estimate of drug-likeness (QED) is 0.921. The number of rotatable bonds is 3. The average molecular weight is 270 g/mol. The summed E-state index contributed by atoms with van der Waals surface area (Å²) in [5, 5.41) is 2.82. The summed E-state index contributed by atoms with van der Waals surface area (Å²) in [4.78, 5) is 15.8. The number of fused-ring (bicyclic) bond motifs is 1. The van der Waals surface area contributed by atoms with Gasteiger partial charge in [-0.05, 0) is 24.3 Å². The van der Waals surface area contributed by atoms with Crippen molar-refractivity contribution in [3.05, 3.63) is 54.4 Å². The lowest BCUT2D eigenvalue weighted by Crippen LogP contribution is -2.40. The summed E-state index contributed by atoms with van der Waals surface area (Å²) in [5.41, 5.74) is 0.532. The molecule has 20 heavy (non-hydrogen) atoms. The van der Waals surface area contributed by atoms with Crippen LogP contribution in [0, 0.1) is 0 Å². The molecule has 1 amide bonds. The lowest BCUT2D eigenvalue weighted by atomic mass is 10.2. The summed E-state index contributed by atoms with van der Waals surface area (Å²) in [6, 6.07) is 10.9. The maximum absolute atomic E-state index is 11.9. The van der Waals surface area contributed by atoms with Gasteiger partial charge in [0.15, 0.2) is 11.5 Å². The van der Waals surface area contributed by atoms with Gasteiger partial charge in [-0.25, -0.2) is 0 Å². The molecule has 0 bridgehead atoms. The van der Waals surface area contributed by atoms with Crippen molar-refractivity contribution >= 4 is 5.91 Å². The minimum Gasteiger partial charge on any atom is -0.486 e. The van der Waals surface area contributed by atoms with Crippen LogP contribution in [0.4, 0.5) is 0 Å². The molecule has 1 aliphatic heterocycles. The molecule has 1 unspecified atom stereocenters. The average Bonchev–Trinajstić information content (AvgIpc) is 2.53. The monoisotopic (exact) mass is 270 g/mol. The first kappa shape index (κ1) is 12.5. The SMILES string of the molecule is O=C(NCC1COc2ccccc2O1)c1cccnc1. The lowest BCUT2D eigenvalue weighted by Gasteiger charge is -2.26. The molecule has 1 N–H and O–H groups in total. The smallest absolute Gasteiger partial charge is 0.252 e. The number of nitrogens with zero attached hydrogens (tertiary/aromatic N) is 1. The van der Waals surface area contributed by atoms with Crippen molar-refractivity contribution < 1.29 is 14.3 Å². The van der Waals surface area contributed by atoms with E-state index >= 15 is 0 Å². The largest absolute Gasteiger partial charge is 0.486 e. The van der Waals surface area contributed by atoms with Crippen LogP contribution in [0.3, 0.4) is 0 Å². The van der Waals surface area contributed by atoms with Gasteiger partial charge in [-0.3, -0.25) is 9.78 Å². The number of pyridine rings is 1. The normalized spacial score (nSPS) is 16.5. The molecule has 5 heteroatoms. The number of para-hydroxylation sites is 2. The number of benzene rings is 1. The minimum absolute atomic E-state index is 0.166. The lowest BCUT2D eigenvalue weighted by molar-refractivity contribution is 0.0789. The summed E-state index contributed by atoms with van der Waals surface area (Å²) in [6.45, 7) is 0.812. The topological polar surface area (TPSA) is 60.5 Å². The third-order valence-electron chi connectivity index (χ3n) is 2.98. The van der Waals surface area contributed by atoms with Gasteiger partial charge in [0, 0.05) is 12.4 Å². The predicted octanol–water partition coefficient (Wildman–Crippen LogP) is 1.65. The van der Waals surface area contributed by atoms with Crippen molar-refractivity contribution in [2.75, 3.05) is 13.2 Å². The number of aromatic nitrogens is 1. The first-order valence-electron chi connectivity index (χ1n) is 6.39. The van der Waals surface area contributed by atoms with Crippen LogP contribution in [0.25, 0.3) is 0 Å². The zero-order chi connectivity index (χ0) is 13.8. The Balaban J connectivity index is 1.57. The van der Waals surface area contributed by atoms with Gasteiger partial charge in [-0.1, -0.05) is 12.1 Å². The Morgan fingerprint density at radius 1 is 1.25 bits per heavy atom. The third-order valence-corrected chi connectivity index (χ3v) is 2.98. The highest BCUT2D eigenvalue weighted by atomic mass is 16.6. The van der Waals surface area contributed by atoms with Crippen molar-refractivity contribution in [3.8, 4) is 11.5 Å². The van der Waals surface area contributed by atoms with E-state index in [9.17, 15) is 4.79 Å². The Kier molecular flexibility index (Phi) is 3.50.